The Hall–Kier alpha value is -1.40. The Balaban J connectivity index is 2.05. The maximum Gasteiger partial charge on any atom is 0.244 e. The van der Waals surface area contributed by atoms with E-state index in [4.69, 9.17) is 0 Å². The van der Waals surface area contributed by atoms with Gasteiger partial charge >= 0.3 is 0 Å². The van der Waals surface area contributed by atoms with E-state index in [-0.39, 0.29) is 11.9 Å². The van der Waals surface area contributed by atoms with Crippen LogP contribution in [-0.2, 0) is 14.8 Å². The van der Waals surface area contributed by atoms with Gasteiger partial charge in [0.1, 0.15) is 5.54 Å². The molecule has 2 heterocycles. The second-order valence-electron chi connectivity index (χ2n) is 7.17. The molecule has 2 aliphatic rings. The average Bonchev–Trinajstić information content (AvgIpc) is 2.95. The third-order valence-electron chi connectivity index (χ3n) is 5.36. The molecule has 0 aromatic heterocycles. The maximum atomic E-state index is 13.3. The molecule has 5 nitrogen and oxygen atoms in total. The molecule has 1 aromatic carbocycles. The van der Waals surface area contributed by atoms with E-state index in [9.17, 15) is 13.2 Å². The maximum absolute atomic E-state index is 13.3. The number of aryl methyl sites for hydroxylation is 1. The van der Waals surface area contributed by atoms with Gasteiger partial charge < -0.3 is 4.90 Å². The topological polar surface area (TPSA) is 57.7 Å². The zero-order chi connectivity index (χ0) is 17.5. The number of carbonyl (C=O) groups excluding carboxylic acids is 1. The Labute approximate surface area is 144 Å². The molecule has 2 fully saturated rings. The first-order chi connectivity index (χ1) is 11.3. The standard InChI is InChI=1S/C18H26N2O3S/c1-14(2)19-12-6-10-18(17(19)21)11-7-13-20(18)24(22,23)16-9-5-4-8-15(16)3/h4-5,8-9,14H,6-7,10-13H2,1-3H3. The third kappa shape index (κ3) is 2.56. The number of hydrogen-bond acceptors (Lipinski definition) is 3. The number of benzene rings is 1. The number of piperidine rings is 1. The van der Waals surface area contributed by atoms with Crippen molar-refractivity contribution in [1.29, 1.82) is 0 Å². The summed E-state index contributed by atoms with van der Waals surface area (Å²) in [6.07, 6.45) is 2.84. The van der Waals surface area contributed by atoms with Gasteiger partial charge in [-0.15, -0.1) is 0 Å². The van der Waals surface area contributed by atoms with Crippen LogP contribution in [0.3, 0.4) is 0 Å². The molecule has 1 unspecified atom stereocenters. The Morgan fingerprint density at radius 3 is 2.33 bits per heavy atom. The van der Waals surface area contributed by atoms with Crippen LogP contribution in [0.5, 0.6) is 0 Å². The van der Waals surface area contributed by atoms with Gasteiger partial charge in [-0.3, -0.25) is 4.79 Å². The minimum Gasteiger partial charge on any atom is -0.339 e. The minimum atomic E-state index is -3.67. The molecule has 1 spiro atoms. The molecule has 3 rings (SSSR count). The van der Waals surface area contributed by atoms with Crippen molar-refractivity contribution in [2.45, 2.75) is 62.9 Å². The number of nitrogens with zero attached hydrogens (tertiary/aromatic N) is 2. The molecular weight excluding hydrogens is 324 g/mol. The fourth-order valence-electron chi connectivity index (χ4n) is 4.14. The second kappa shape index (κ2) is 6.15. The van der Waals surface area contributed by atoms with Crippen molar-refractivity contribution in [3.63, 3.8) is 0 Å². The molecule has 2 aliphatic heterocycles. The molecule has 24 heavy (non-hydrogen) atoms. The molecule has 0 N–H and O–H groups in total. The van der Waals surface area contributed by atoms with Crippen molar-refractivity contribution in [3.05, 3.63) is 29.8 Å². The predicted molar refractivity (Wildman–Crippen MR) is 93.1 cm³/mol. The summed E-state index contributed by atoms with van der Waals surface area (Å²) in [7, 11) is -3.67. The Morgan fingerprint density at radius 1 is 1.08 bits per heavy atom. The lowest BCUT2D eigenvalue weighted by molar-refractivity contribution is -0.146. The third-order valence-corrected chi connectivity index (χ3v) is 7.49. The quantitative estimate of drug-likeness (QED) is 0.842. The molecule has 0 bridgehead atoms. The molecule has 1 amide bonds. The summed E-state index contributed by atoms with van der Waals surface area (Å²) in [5.41, 5.74) is -0.160. The number of sulfonamides is 1. The van der Waals surface area contributed by atoms with Crippen LogP contribution in [0.1, 0.15) is 45.1 Å². The van der Waals surface area contributed by atoms with Crippen LogP contribution in [-0.4, -0.2) is 48.2 Å². The minimum absolute atomic E-state index is 0.0154. The van der Waals surface area contributed by atoms with E-state index in [1.54, 1.807) is 25.1 Å². The summed E-state index contributed by atoms with van der Waals surface area (Å²) in [6, 6.07) is 7.12. The Kier molecular flexibility index (Phi) is 4.47. The van der Waals surface area contributed by atoms with Crippen LogP contribution in [0, 0.1) is 6.92 Å². The van der Waals surface area contributed by atoms with Gasteiger partial charge in [-0.05, 0) is 58.1 Å². The fraction of sp³-hybridized carbons (Fsp3) is 0.611. The molecule has 132 valence electrons. The van der Waals surface area contributed by atoms with E-state index in [0.29, 0.717) is 24.3 Å². The van der Waals surface area contributed by atoms with Gasteiger partial charge in [0, 0.05) is 19.1 Å². The number of hydrogen-bond donors (Lipinski definition) is 0. The van der Waals surface area contributed by atoms with Crippen molar-refractivity contribution in [3.8, 4) is 0 Å². The molecule has 2 saturated heterocycles. The largest absolute Gasteiger partial charge is 0.339 e. The summed E-state index contributed by atoms with van der Waals surface area (Å²) in [6.45, 7) is 6.93. The molecule has 6 heteroatoms. The molecule has 0 saturated carbocycles. The summed E-state index contributed by atoms with van der Waals surface area (Å²) >= 11 is 0. The highest BCUT2D eigenvalue weighted by Crippen LogP contribution is 2.42. The number of amides is 1. The monoisotopic (exact) mass is 350 g/mol. The Bertz CT molecular complexity index is 744. The van der Waals surface area contributed by atoms with Crippen LogP contribution in [0.15, 0.2) is 29.2 Å². The van der Waals surface area contributed by atoms with Gasteiger partial charge in [-0.25, -0.2) is 8.42 Å². The van der Waals surface area contributed by atoms with Gasteiger partial charge in [0.05, 0.1) is 4.90 Å². The number of rotatable bonds is 3. The first-order valence-corrected chi connectivity index (χ1v) is 10.1. The zero-order valence-electron chi connectivity index (χ0n) is 14.7. The van der Waals surface area contributed by atoms with Crippen molar-refractivity contribution in [1.82, 2.24) is 9.21 Å². The normalized spacial score (nSPS) is 25.8. The average molecular weight is 350 g/mol. The van der Waals surface area contributed by atoms with E-state index in [1.807, 2.05) is 24.8 Å². The second-order valence-corrected chi connectivity index (χ2v) is 9.00. The summed E-state index contributed by atoms with van der Waals surface area (Å²) in [4.78, 5) is 15.3. The summed E-state index contributed by atoms with van der Waals surface area (Å²) in [5, 5.41) is 0. The Morgan fingerprint density at radius 2 is 1.71 bits per heavy atom. The molecule has 1 aromatic rings. The van der Waals surface area contributed by atoms with Crippen LogP contribution < -0.4 is 0 Å². The fourth-order valence-corrected chi connectivity index (χ4v) is 6.20. The lowest BCUT2D eigenvalue weighted by atomic mass is 9.86. The lowest BCUT2D eigenvalue weighted by Gasteiger charge is -2.45. The number of carbonyl (C=O) groups is 1. The first kappa shape index (κ1) is 17.4. The zero-order valence-corrected chi connectivity index (χ0v) is 15.5. The van der Waals surface area contributed by atoms with Crippen LogP contribution in [0.4, 0.5) is 0 Å². The van der Waals surface area contributed by atoms with Gasteiger partial charge in [0.2, 0.25) is 15.9 Å². The molecule has 0 radical (unpaired) electrons. The van der Waals surface area contributed by atoms with E-state index in [2.05, 4.69) is 0 Å². The predicted octanol–water partition coefficient (Wildman–Crippen LogP) is 2.55. The van der Waals surface area contributed by atoms with E-state index >= 15 is 0 Å². The van der Waals surface area contributed by atoms with Crippen molar-refractivity contribution in [2.75, 3.05) is 13.1 Å². The highest BCUT2D eigenvalue weighted by molar-refractivity contribution is 7.89. The highest BCUT2D eigenvalue weighted by Gasteiger charge is 2.55. The van der Waals surface area contributed by atoms with Crippen LogP contribution in [0.2, 0.25) is 0 Å². The lowest BCUT2D eigenvalue weighted by Crippen LogP contribution is -2.62. The first-order valence-electron chi connectivity index (χ1n) is 8.70. The smallest absolute Gasteiger partial charge is 0.244 e. The van der Waals surface area contributed by atoms with Gasteiger partial charge in [-0.1, -0.05) is 18.2 Å². The molecule has 1 atom stereocenters. The highest BCUT2D eigenvalue weighted by atomic mass is 32.2. The SMILES string of the molecule is Cc1ccccc1S(=O)(=O)N1CCCC12CCCN(C(C)C)C2=O. The summed E-state index contributed by atoms with van der Waals surface area (Å²) in [5.74, 6) is -0.0154. The van der Waals surface area contributed by atoms with Crippen molar-refractivity contribution in [2.24, 2.45) is 0 Å². The van der Waals surface area contributed by atoms with Crippen LogP contribution in [0.25, 0.3) is 0 Å². The van der Waals surface area contributed by atoms with Gasteiger partial charge in [0.15, 0.2) is 0 Å². The van der Waals surface area contributed by atoms with E-state index in [0.717, 1.165) is 24.9 Å². The molecular formula is C18H26N2O3S. The van der Waals surface area contributed by atoms with E-state index in [1.165, 1.54) is 4.31 Å². The van der Waals surface area contributed by atoms with Gasteiger partial charge in [-0.2, -0.15) is 4.31 Å². The van der Waals surface area contributed by atoms with Crippen molar-refractivity contribution < 1.29 is 13.2 Å². The molecule has 0 aliphatic carbocycles. The number of likely N-dealkylation sites (tertiary alicyclic amines) is 1. The summed E-state index contributed by atoms with van der Waals surface area (Å²) < 4.78 is 28.1. The van der Waals surface area contributed by atoms with Crippen molar-refractivity contribution >= 4 is 15.9 Å². The van der Waals surface area contributed by atoms with E-state index < -0.39 is 15.6 Å². The van der Waals surface area contributed by atoms with Gasteiger partial charge in [0.25, 0.3) is 0 Å². The van der Waals surface area contributed by atoms with Crippen LogP contribution >= 0.6 is 0 Å².